The number of carbonyl (C=O) groups is 1. The Bertz CT molecular complexity index is 1110. The molecule has 0 radical (unpaired) electrons. The Kier molecular flexibility index (Phi) is 5.26. The van der Waals surface area contributed by atoms with E-state index in [0.717, 1.165) is 17.3 Å². The lowest BCUT2D eigenvalue weighted by atomic mass is 9.88. The van der Waals surface area contributed by atoms with Crippen LogP contribution in [0.1, 0.15) is 60.3 Å². The molecule has 0 spiro atoms. The Balaban J connectivity index is 2.05. The molecule has 0 saturated heterocycles. The smallest absolute Gasteiger partial charge is 0.416 e. The van der Waals surface area contributed by atoms with Gasteiger partial charge in [0.15, 0.2) is 0 Å². The number of alkyl halides is 3. The van der Waals surface area contributed by atoms with Crippen LogP contribution in [-0.4, -0.2) is 34.4 Å². The first-order valence-electron chi connectivity index (χ1n) is 10.8. The molecule has 0 N–H and O–H groups in total. The Morgan fingerprint density at radius 3 is 2.34 bits per heavy atom. The summed E-state index contributed by atoms with van der Waals surface area (Å²) in [5.41, 5.74) is 1.50. The fraction of sp³-hybridized carbons (Fsp3) is 0.400. The Hall–Kier alpha value is -2.96. The summed E-state index contributed by atoms with van der Waals surface area (Å²) in [5.74, 6) is 0.149. The van der Waals surface area contributed by atoms with Crippen molar-refractivity contribution in [2.45, 2.75) is 52.9 Å². The van der Waals surface area contributed by atoms with E-state index < -0.39 is 17.3 Å². The molecule has 2 heterocycles. The molecule has 0 fully saturated rings. The minimum atomic E-state index is -4.51. The van der Waals surface area contributed by atoms with Crippen molar-refractivity contribution < 1.29 is 22.7 Å². The largest absolute Gasteiger partial charge is 0.481 e. The van der Waals surface area contributed by atoms with E-state index in [1.54, 1.807) is 17.0 Å². The summed E-state index contributed by atoms with van der Waals surface area (Å²) < 4.78 is 47.7. The van der Waals surface area contributed by atoms with Crippen LogP contribution in [0.5, 0.6) is 5.75 Å². The second-order valence-electron chi connectivity index (χ2n) is 8.64. The van der Waals surface area contributed by atoms with Crippen molar-refractivity contribution in [1.29, 1.82) is 0 Å². The van der Waals surface area contributed by atoms with Gasteiger partial charge in [-0.15, -0.1) is 0 Å². The fourth-order valence-electron chi connectivity index (χ4n) is 4.87. The van der Waals surface area contributed by atoms with Gasteiger partial charge in [0.25, 0.3) is 5.91 Å². The van der Waals surface area contributed by atoms with Crippen LogP contribution in [0.2, 0.25) is 0 Å². The molecule has 7 heteroatoms. The van der Waals surface area contributed by atoms with Crippen LogP contribution in [-0.2, 0) is 12.7 Å². The monoisotopic (exact) mass is 444 g/mol. The average molecular weight is 444 g/mol. The molecular formula is C25H27F3N2O2. The topological polar surface area (TPSA) is 32.8 Å². The van der Waals surface area contributed by atoms with Crippen molar-refractivity contribution in [3.8, 4) is 5.75 Å². The highest BCUT2D eigenvalue weighted by atomic mass is 19.4. The molecule has 2 aliphatic heterocycles. The third-order valence-corrected chi connectivity index (χ3v) is 6.30. The second-order valence-corrected chi connectivity index (χ2v) is 8.64. The Morgan fingerprint density at radius 2 is 1.75 bits per heavy atom. The molecule has 2 aliphatic rings. The minimum absolute atomic E-state index is 0.0638. The summed E-state index contributed by atoms with van der Waals surface area (Å²) in [6.45, 7) is 10.8. The third kappa shape index (κ3) is 3.34. The molecule has 0 bridgehead atoms. The van der Waals surface area contributed by atoms with Gasteiger partial charge in [0.05, 0.1) is 23.5 Å². The number of fused-ring (bicyclic) bond motifs is 2. The van der Waals surface area contributed by atoms with E-state index in [-0.39, 0.29) is 11.5 Å². The highest BCUT2D eigenvalue weighted by molar-refractivity contribution is 6.04. The maximum Gasteiger partial charge on any atom is 0.416 e. The normalized spacial score (nSPS) is 17.2. The summed E-state index contributed by atoms with van der Waals surface area (Å²) in [6, 6.07) is 9.75. The number of benzene rings is 2. The number of amides is 1. The van der Waals surface area contributed by atoms with E-state index in [2.05, 4.69) is 4.90 Å². The predicted octanol–water partition coefficient (Wildman–Crippen LogP) is 5.85. The zero-order chi connectivity index (χ0) is 23.4. The number of halogens is 3. The quantitative estimate of drug-likeness (QED) is 0.593. The predicted molar refractivity (Wildman–Crippen MR) is 117 cm³/mol. The number of hydrogen-bond acceptors (Lipinski definition) is 3. The highest BCUT2D eigenvalue weighted by Crippen LogP contribution is 2.49. The van der Waals surface area contributed by atoms with Gasteiger partial charge in [0.1, 0.15) is 11.4 Å². The number of likely N-dealkylation sites (N-methyl/N-ethyl adjacent to an activating group) is 1. The SMILES string of the molecule is CCN(CC)C1=C(N2Cc3ccccc3C2=O)c2c(ccc(C(F)(F)F)c2C)OC1(C)C. The number of nitrogens with zero attached hydrogens (tertiary/aromatic N) is 2. The number of carbonyl (C=O) groups excluding carboxylic acids is 1. The van der Waals surface area contributed by atoms with E-state index >= 15 is 0 Å². The number of ether oxygens (including phenoxy) is 1. The molecule has 32 heavy (non-hydrogen) atoms. The van der Waals surface area contributed by atoms with Crippen molar-refractivity contribution in [1.82, 2.24) is 9.80 Å². The molecule has 0 saturated carbocycles. The molecule has 0 atom stereocenters. The lowest BCUT2D eigenvalue weighted by Gasteiger charge is -2.44. The van der Waals surface area contributed by atoms with Crippen LogP contribution in [0.15, 0.2) is 42.1 Å². The van der Waals surface area contributed by atoms with Crippen LogP contribution < -0.4 is 4.74 Å². The van der Waals surface area contributed by atoms with Gasteiger partial charge >= 0.3 is 6.18 Å². The number of rotatable bonds is 4. The lowest BCUT2D eigenvalue weighted by molar-refractivity contribution is -0.138. The summed E-state index contributed by atoms with van der Waals surface area (Å²) in [7, 11) is 0. The molecule has 4 rings (SSSR count). The maximum absolute atomic E-state index is 13.8. The van der Waals surface area contributed by atoms with Crippen LogP contribution in [0, 0.1) is 6.92 Å². The zero-order valence-electron chi connectivity index (χ0n) is 18.9. The summed E-state index contributed by atoms with van der Waals surface area (Å²) in [4.78, 5) is 17.1. The zero-order valence-corrected chi connectivity index (χ0v) is 18.9. The summed E-state index contributed by atoms with van der Waals surface area (Å²) in [5, 5.41) is 0. The van der Waals surface area contributed by atoms with E-state index in [9.17, 15) is 18.0 Å². The van der Waals surface area contributed by atoms with Gasteiger partial charge in [0, 0.05) is 24.2 Å². The molecule has 1 amide bonds. The van der Waals surface area contributed by atoms with Crippen molar-refractivity contribution in [2.24, 2.45) is 0 Å². The average Bonchev–Trinajstić information content (AvgIpc) is 3.04. The van der Waals surface area contributed by atoms with Crippen LogP contribution in [0.4, 0.5) is 13.2 Å². The fourth-order valence-corrected chi connectivity index (χ4v) is 4.87. The first kappa shape index (κ1) is 22.2. The summed E-state index contributed by atoms with van der Waals surface area (Å²) >= 11 is 0. The van der Waals surface area contributed by atoms with Crippen molar-refractivity contribution in [3.05, 3.63) is 69.9 Å². The van der Waals surface area contributed by atoms with Gasteiger partial charge in [-0.3, -0.25) is 4.79 Å². The molecule has 170 valence electrons. The molecule has 0 aliphatic carbocycles. The van der Waals surface area contributed by atoms with Crippen molar-refractivity contribution in [3.63, 3.8) is 0 Å². The molecular weight excluding hydrogens is 417 g/mol. The molecule has 2 aromatic carbocycles. The van der Waals surface area contributed by atoms with Gasteiger partial charge in [-0.2, -0.15) is 13.2 Å². The van der Waals surface area contributed by atoms with Gasteiger partial charge in [-0.1, -0.05) is 18.2 Å². The first-order chi connectivity index (χ1) is 15.0. The van der Waals surface area contributed by atoms with E-state index in [4.69, 9.17) is 4.74 Å². The van der Waals surface area contributed by atoms with Gasteiger partial charge in [-0.05, 0) is 63.9 Å². The molecule has 2 aromatic rings. The summed E-state index contributed by atoms with van der Waals surface area (Å²) in [6.07, 6.45) is -4.51. The second kappa shape index (κ2) is 7.57. The first-order valence-corrected chi connectivity index (χ1v) is 10.8. The van der Waals surface area contributed by atoms with Gasteiger partial charge in [-0.25, -0.2) is 0 Å². The minimum Gasteiger partial charge on any atom is -0.481 e. The third-order valence-electron chi connectivity index (χ3n) is 6.30. The van der Waals surface area contributed by atoms with Gasteiger partial charge < -0.3 is 14.5 Å². The maximum atomic E-state index is 13.8. The van der Waals surface area contributed by atoms with Crippen LogP contribution in [0.3, 0.4) is 0 Å². The molecule has 0 unspecified atom stereocenters. The standard InChI is InChI=1S/C25H27F3N2O2/c1-6-29(7-2)22-21(30-14-16-10-8-9-11-17(16)23(30)31)20-15(3)18(25(26,27)28)12-13-19(20)32-24(22,4)5/h8-13H,6-7,14H2,1-5H3. The van der Waals surface area contributed by atoms with E-state index in [1.165, 1.54) is 13.0 Å². The van der Waals surface area contributed by atoms with Gasteiger partial charge in [0.2, 0.25) is 0 Å². The van der Waals surface area contributed by atoms with Crippen molar-refractivity contribution >= 4 is 11.6 Å². The van der Waals surface area contributed by atoms with Crippen LogP contribution >= 0.6 is 0 Å². The Morgan fingerprint density at radius 1 is 1.09 bits per heavy atom. The van der Waals surface area contributed by atoms with Crippen LogP contribution in [0.25, 0.3) is 5.70 Å². The van der Waals surface area contributed by atoms with E-state index in [0.29, 0.717) is 42.2 Å². The molecule has 0 aromatic heterocycles. The van der Waals surface area contributed by atoms with Crippen molar-refractivity contribution in [2.75, 3.05) is 13.1 Å². The Labute approximate surface area is 186 Å². The lowest BCUT2D eigenvalue weighted by Crippen LogP contribution is -2.46. The highest BCUT2D eigenvalue weighted by Gasteiger charge is 2.45. The van der Waals surface area contributed by atoms with E-state index in [1.807, 2.05) is 39.8 Å². The number of hydrogen-bond donors (Lipinski definition) is 0. The molecule has 4 nitrogen and oxygen atoms in total.